The monoisotopic (exact) mass is 593 g/mol. The Morgan fingerprint density at radius 2 is 1.98 bits per heavy atom. The smallest absolute Gasteiger partial charge is 0.319 e. The van der Waals surface area contributed by atoms with Crippen LogP contribution in [-0.4, -0.2) is 80.2 Å². The van der Waals surface area contributed by atoms with Crippen LogP contribution in [0, 0.1) is 5.82 Å². The number of benzene rings is 1. The third-order valence-corrected chi connectivity index (χ3v) is 10.3. The molecule has 2 aromatic heterocycles. The number of rotatable bonds is 6. The summed E-state index contributed by atoms with van der Waals surface area (Å²) in [6.45, 7) is 6.39. The van der Waals surface area contributed by atoms with Gasteiger partial charge in [-0.1, -0.05) is 6.92 Å². The number of phenolic OH excluding ortho intramolecular Hbond substituents is 1. The second-order valence-corrected chi connectivity index (χ2v) is 13.5. The molecule has 1 aromatic carbocycles. The zero-order valence-corrected chi connectivity index (χ0v) is 25.1. The van der Waals surface area contributed by atoms with Crippen LogP contribution >= 0.6 is 0 Å². The summed E-state index contributed by atoms with van der Waals surface area (Å²) >= 11 is 0. The van der Waals surface area contributed by atoms with E-state index < -0.39 is 23.1 Å². The number of β-amino-alcohol motifs (C(OH)–C–C–N with tert-alkyl or cyclic N) is 1. The minimum Gasteiger partial charge on any atom is -0.508 e. The molecule has 4 atom stereocenters. The summed E-state index contributed by atoms with van der Waals surface area (Å²) in [7, 11) is 0. The van der Waals surface area contributed by atoms with E-state index in [9.17, 15) is 14.6 Å². The van der Waals surface area contributed by atoms with Gasteiger partial charge in [0.05, 0.1) is 16.5 Å². The summed E-state index contributed by atoms with van der Waals surface area (Å²) in [5.41, 5.74) is 1.62. The van der Waals surface area contributed by atoms with E-state index in [1.54, 1.807) is 25.3 Å². The highest BCUT2D eigenvalue weighted by Gasteiger charge is 2.49. The molecule has 3 fully saturated rings. The zero-order chi connectivity index (χ0) is 29.9. The summed E-state index contributed by atoms with van der Waals surface area (Å²) < 4.78 is 37.4. The van der Waals surface area contributed by atoms with Crippen molar-refractivity contribution in [3.63, 3.8) is 0 Å². The quantitative estimate of drug-likeness (QED) is 0.378. The lowest BCUT2D eigenvalue weighted by Crippen LogP contribution is -2.46. The van der Waals surface area contributed by atoms with E-state index in [0.29, 0.717) is 49.2 Å². The van der Waals surface area contributed by atoms with Crippen LogP contribution in [0.1, 0.15) is 82.3 Å². The first kappa shape index (κ1) is 28.6. The summed E-state index contributed by atoms with van der Waals surface area (Å²) in [6.07, 6.45) is 8.16. The van der Waals surface area contributed by atoms with Crippen molar-refractivity contribution < 1.29 is 23.7 Å². The fourth-order valence-electron chi connectivity index (χ4n) is 8.24. The van der Waals surface area contributed by atoms with Gasteiger partial charge in [0.15, 0.2) is 5.82 Å². The maximum atomic E-state index is 16.8. The van der Waals surface area contributed by atoms with E-state index in [0.717, 1.165) is 62.6 Å². The van der Waals surface area contributed by atoms with E-state index in [4.69, 9.17) is 9.72 Å². The molecule has 1 unspecified atom stereocenters. The number of aliphatic hydroxyl groups is 1. The van der Waals surface area contributed by atoms with Gasteiger partial charge in [0, 0.05) is 37.8 Å². The third kappa shape index (κ3) is 5.10. The predicted octanol–water partition coefficient (Wildman–Crippen LogP) is 5.67. The molecule has 0 spiro atoms. The molecule has 0 amide bonds. The Kier molecular flexibility index (Phi) is 7.20. The second-order valence-electron chi connectivity index (χ2n) is 13.5. The number of aromatic nitrogens is 3. The first-order valence-corrected chi connectivity index (χ1v) is 15.9. The van der Waals surface area contributed by atoms with Crippen molar-refractivity contribution in [2.45, 2.75) is 94.9 Å². The number of hydrogen-bond donors (Lipinski definition) is 2. The summed E-state index contributed by atoms with van der Waals surface area (Å²) in [4.78, 5) is 18.1. The van der Waals surface area contributed by atoms with Crippen LogP contribution in [0.2, 0.25) is 0 Å². The summed E-state index contributed by atoms with van der Waals surface area (Å²) in [6, 6.07) is 3.45. The topological polar surface area (TPSA) is 94.8 Å². The van der Waals surface area contributed by atoms with Gasteiger partial charge in [0.1, 0.15) is 35.6 Å². The van der Waals surface area contributed by atoms with E-state index in [1.807, 2.05) is 4.90 Å². The number of ether oxygens (including phenoxy) is 1. The molecule has 7 rings (SSSR count). The number of piperidine rings is 1. The van der Waals surface area contributed by atoms with E-state index >= 15 is 4.39 Å². The van der Waals surface area contributed by atoms with Gasteiger partial charge < -0.3 is 19.8 Å². The van der Waals surface area contributed by atoms with Crippen molar-refractivity contribution in [2.75, 3.05) is 37.7 Å². The average Bonchev–Trinajstić information content (AvgIpc) is 3.50. The minimum atomic E-state index is -0.915. The molecule has 8 nitrogen and oxygen atoms in total. The van der Waals surface area contributed by atoms with Gasteiger partial charge in [-0.05, 0) is 94.0 Å². The molecule has 10 heteroatoms. The van der Waals surface area contributed by atoms with Crippen molar-refractivity contribution in [2.24, 2.45) is 0 Å². The van der Waals surface area contributed by atoms with Gasteiger partial charge in [-0.2, -0.15) is 9.97 Å². The van der Waals surface area contributed by atoms with Crippen LogP contribution in [0.25, 0.3) is 22.2 Å². The van der Waals surface area contributed by atoms with Crippen LogP contribution in [0.3, 0.4) is 0 Å². The van der Waals surface area contributed by atoms with Crippen LogP contribution in [0.15, 0.2) is 18.3 Å². The molecule has 0 saturated carbocycles. The molecule has 5 heterocycles. The molecule has 230 valence electrons. The average molecular weight is 594 g/mol. The Morgan fingerprint density at radius 1 is 1.14 bits per heavy atom. The predicted molar refractivity (Wildman–Crippen MR) is 161 cm³/mol. The Balaban J connectivity index is 1.34. The molecule has 1 aliphatic carbocycles. The molecule has 3 aromatic rings. The highest BCUT2D eigenvalue weighted by Crippen LogP contribution is 2.44. The number of phenols is 1. The molecule has 4 aliphatic rings. The van der Waals surface area contributed by atoms with Gasteiger partial charge in [-0.25, -0.2) is 8.78 Å². The van der Waals surface area contributed by atoms with E-state index in [2.05, 4.69) is 21.8 Å². The first-order valence-electron chi connectivity index (χ1n) is 15.9. The lowest BCUT2D eigenvalue weighted by molar-refractivity contribution is 0.0447. The lowest BCUT2D eigenvalue weighted by atomic mass is 9.78. The number of aromatic hydroxyl groups is 1. The van der Waals surface area contributed by atoms with E-state index in [-0.39, 0.29) is 35.5 Å². The number of hydrogen-bond acceptors (Lipinski definition) is 8. The van der Waals surface area contributed by atoms with Crippen LogP contribution in [-0.2, 0) is 6.42 Å². The van der Waals surface area contributed by atoms with Crippen LogP contribution in [0.4, 0.5) is 14.6 Å². The fraction of sp³-hybridized carbons (Fsp3) is 0.606. The molecular formula is C33H41F2N5O3. The van der Waals surface area contributed by atoms with Crippen molar-refractivity contribution in [3.8, 4) is 23.0 Å². The fourth-order valence-corrected chi connectivity index (χ4v) is 8.24. The van der Waals surface area contributed by atoms with Crippen LogP contribution < -0.4 is 9.64 Å². The number of anilines is 1. The lowest BCUT2D eigenvalue weighted by Gasteiger charge is -2.38. The molecule has 3 saturated heterocycles. The van der Waals surface area contributed by atoms with Crippen molar-refractivity contribution in [1.82, 2.24) is 19.9 Å². The van der Waals surface area contributed by atoms with Crippen LogP contribution in [0.5, 0.6) is 11.8 Å². The summed E-state index contributed by atoms with van der Waals surface area (Å²) in [5.74, 6) is 0.232. The Morgan fingerprint density at radius 3 is 2.79 bits per heavy atom. The van der Waals surface area contributed by atoms with Gasteiger partial charge in [-0.3, -0.25) is 9.88 Å². The van der Waals surface area contributed by atoms with Crippen molar-refractivity contribution in [1.29, 1.82) is 0 Å². The Hall–Kier alpha value is -3.11. The Labute approximate surface area is 251 Å². The minimum absolute atomic E-state index is 0.0386. The van der Waals surface area contributed by atoms with Gasteiger partial charge >= 0.3 is 6.01 Å². The SMILES string of the molecule is CCC1CCCc2cc(O)cc(-c3ncc4c(N5CCC[C@@](C)(O)C5)nc(OC[C@@]56CCCN5C[C@H](F)C6)nc4c3F)c21. The molecule has 43 heavy (non-hydrogen) atoms. The number of aryl methyl sites for hydroxylation is 1. The number of alkyl halides is 1. The largest absolute Gasteiger partial charge is 0.508 e. The highest BCUT2D eigenvalue weighted by molar-refractivity contribution is 5.92. The van der Waals surface area contributed by atoms with Gasteiger partial charge in [0.2, 0.25) is 0 Å². The maximum absolute atomic E-state index is 16.8. The number of pyridine rings is 1. The molecule has 2 N–H and O–H groups in total. The summed E-state index contributed by atoms with van der Waals surface area (Å²) in [5, 5.41) is 21.9. The highest BCUT2D eigenvalue weighted by atomic mass is 19.1. The number of fused-ring (bicyclic) bond motifs is 3. The molecule has 3 aliphatic heterocycles. The van der Waals surface area contributed by atoms with E-state index in [1.165, 1.54) is 0 Å². The molecule has 0 radical (unpaired) electrons. The zero-order valence-electron chi connectivity index (χ0n) is 25.1. The molecular weight excluding hydrogens is 552 g/mol. The second kappa shape index (κ2) is 10.8. The van der Waals surface area contributed by atoms with Gasteiger partial charge in [0.25, 0.3) is 0 Å². The Bertz CT molecular complexity index is 1550. The van der Waals surface area contributed by atoms with Crippen molar-refractivity contribution >= 4 is 16.7 Å². The maximum Gasteiger partial charge on any atom is 0.319 e. The standard InChI is InChI=1S/C33H41F2N5O3/c1-3-20-7-4-8-21-13-23(41)14-24(26(20)21)28-27(35)29-25(16-36-28)30(39-11-5-9-32(2,42)18-39)38-31(37-29)43-19-33-10-6-12-40(33)17-22(34)15-33/h13-14,16,20,22,41-42H,3-12,15,17-19H2,1-2H3/t20?,22-,32-,33+/m1/s1. The van der Waals surface area contributed by atoms with Crippen molar-refractivity contribution in [3.05, 3.63) is 35.3 Å². The third-order valence-electron chi connectivity index (χ3n) is 10.3. The number of nitrogens with zero attached hydrogens (tertiary/aromatic N) is 5. The first-order chi connectivity index (χ1) is 20.7. The molecule has 0 bridgehead atoms. The number of halogens is 2. The normalized spacial score (nSPS) is 29.2. The van der Waals surface area contributed by atoms with Gasteiger partial charge in [-0.15, -0.1) is 0 Å².